The molecule has 114 valence electrons. The number of ether oxygens (including phenoxy) is 1. The van der Waals surface area contributed by atoms with Crippen LogP contribution in [0.25, 0.3) is 5.57 Å². The number of methoxy groups -OCH3 is 1. The fourth-order valence-electron chi connectivity index (χ4n) is 3.48. The van der Waals surface area contributed by atoms with E-state index in [4.69, 9.17) is 4.74 Å². The zero-order valence-corrected chi connectivity index (χ0v) is 13.1. The van der Waals surface area contributed by atoms with Gasteiger partial charge >= 0.3 is 0 Å². The molecular weight excluding hydrogens is 272 g/mol. The van der Waals surface area contributed by atoms with Crippen molar-refractivity contribution in [3.05, 3.63) is 42.1 Å². The van der Waals surface area contributed by atoms with E-state index in [9.17, 15) is 5.26 Å². The van der Waals surface area contributed by atoms with Crippen LogP contribution in [0, 0.1) is 17.2 Å². The van der Waals surface area contributed by atoms with Gasteiger partial charge < -0.3 is 9.64 Å². The second-order valence-corrected chi connectivity index (χ2v) is 6.17. The zero-order chi connectivity index (χ0) is 15.5. The molecule has 1 aliphatic carbocycles. The van der Waals surface area contributed by atoms with E-state index in [1.807, 2.05) is 18.3 Å². The Hall–Kier alpha value is -2.21. The summed E-state index contributed by atoms with van der Waals surface area (Å²) in [5, 5.41) is 9.40. The molecule has 0 saturated heterocycles. The second-order valence-electron chi connectivity index (χ2n) is 6.17. The fraction of sp³-hybridized carbons (Fsp3) is 0.421. The Kier molecular flexibility index (Phi) is 4.20. The van der Waals surface area contributed by atoms with E-state index in [-0.39, 0.29) is 0 Å². The van der Waals surface area contributed by atoms with Crippen LogP contribution in [-0.4, -0.2) is 13.7 Å². The van der Waals surface area contributed by atoms with Gasteiger partial charge in [0.15, 0.2) is 0 Å². The Labute approximate surface area is 132 Å². The van der Waals surface area contributed by atoms with E-state index in [2.05, 4.69) is 23.6 Å². The van der Waals surface area contributed by atoms with Gasteiger partial charge in [-0.05, 0) is 42.5 Å². The number of hydrogen-bond acceptors (Lipinski definition) is 3. The van der Waals surface area contributed by atoms with Gasteiger partial charge in [0.25, 0.3) is 0 Å². The van der Waals surface area contributed by atoms with Crippen molar-refractivity contribution in [2.24, 2.45) is 5.92 Å². The van der Waals surface area contributed by atoms with Crippen molar-refractivity contribution >= 4 is 11.3 Å². The normalized spacial score (nSPS) is 18.5. The highest BCUT2D eigenvalue weighted by Gasteiger charge is 2.24. The maximum absolute atomic E-state index is 9.40. The molecule has 1 aromatic rings. The summed E-state index contributed by atoms with van der Waals surface area (Å²) in [5.74, 6) is 1.52. The van der Waals surface area contributed by atoms with Gasteiger partial charge in [-0.1, -0.05) is 25.8 Å². The molecule has 3 heteroatoms. The third-order valence-corrected chi connectivity index (χ3v) is 4.75. The molecule has 3 rings (SSSR count). The Bertz CT molecular complexity index is 648. The first-order valence-electron chi connectivity index (χ1n) is 7.99. The summed E-state index contributed by atoms with van der Waals surface area (Å²) >= 11 is 0. The first kappa shape index (κ1) is 14.7. The van der Waals surface area contributed by atoms with Crippen LogP contribution in [0.3, 0.4) is 0 Å². The van der Waals surface area contributed by atoms with E-state index < -0.39 is 0 Å². The van der Waals surface area contributed by atoms with Crippen LogP contribution in [0.5, 0.6) is 5.75 Å². The Balaban J connectivity index is 1.93. The summed E-state index contributed by atoms with van der Waals surface area (Å²) in [4.78, 5) is 2.23. The Morgan fingerprint density at radius 1 is 1.32 bits per heavy atom. The Morgan fingerprint density at radius 3 is 2.77 bits per heavy atom. The van der Waals surface area contributed by atoms with Crippen LogP contribution in [0.15, 0.2) is 36.6 Å². The smallest absolute Gasteiger partial charge is 0.119 e. The molecule has 1 fully saturated rings. The molecule has 1 aliphatic heterocycles. The molecular formula is C19H22N2O. The van der Waals surface area contributed by atoms with Gasteiger partial charge in [-0.3, -0.25) is 0 Å². The maximum atomic E-state index is 9.40. The quantitative estimate of drug-likeness (QED) is 0.822. The number of fused-ring (bicyclic) bond motifs is 1. The topological polar surface area (TPSA) is 36.3 Å². The molecule has 0 radical (unpaired) electrons. The predicted molar refractivity (Wildman–Crippen MR) is 89.6 cm³/mol. The van der Waals surface area contributed by atoms with Gasteiger partial charge in [-0.25, -0.2) is 0 Å². The summed E-state index contributed by atoms with van der Waals surface area (Å²) in [6.07, 6.45) is 8.56. The van der Waals surface area contributed by atoms with Crippen LogP contribution in [-0.2, 0) is 0 Å². The number of rotatable bonds is 3. The lowest BCUT2D eigenvalue weighted by Gasteiger charge is -2.33. The molecule has 2 aliphatic rings. The highest BCUT2D eigenvalue weighted by molar-refractivity contribution is 5.91. The van der Waals surface area contributed by atoms with Crippen molar-refractivity contribution in [1.82, 2.24) is 0 Å². The molecule has 0 atom stereocenters. The molecule has 0 unspecified atom stereocenters. The van der Waals surface area contributed by atoms with Crippen LogP contribution in [0.1, 0.15) is 37.7 Å². The lowest BCUT2D eigenvalue weighted by Crippen LogP contribution is -2.29. The first-order chi connectivity index (χ1) is 10.7. The van der Waals surface area contributed by atoms with Gasteiger partial charge in [-0.2, -0.15) is 5.26 Å². The summed E-state index contributed by atoms with van der Waals surface area (Å²) in [6, 6.07) is 8.31. The number of nitriles is 1. The number of anilines is 1. The number of nitrogens with zero attached hydrogens (tertiary/aromatic N) is 2. The molecule has 1 aromatic carbocycles. The molecule has 0 N–H and O–H groups in total. The van der Waals surface area contributed by atoms with Crippen molar-refractivity contribution in [3.63, 3.8) is 0 Å². The standard InChI is InChI=1S/C19H22N2O/c1-14-16(11-20)13-21(12-15-6-4-3-5-7-15)19-9-8-17(22-2)10-18(14)19/h8-10,13,15H,1,3-7,12H2,2H3. The molecule has 0 spiro atoms. The lowest BCUT2D eigenvalue weighted by molar-refractivity contribution is 0.364. The van der Waals surface area contributed by atoms with Gasteiger partial charge in [-0.15, -0.1) is 0 Å². The maximum Gasteiger partial charge on any atom is 0.119 e. The lowest BCUT2D eigenvalue weighted by atomic mass is 9.87. The van der Waals surface area contributed by atoms with Crippen molar-refractivity contribution in [1.29, 1.82) is 5.26 Å². The summed E-state index contributed by atoms with van der Waals surface area (Å²) in [6.45, 7) is 5.08. The number of hydrogen-bond donors (Lipinski definition) is 0. The van der Waals surface area contributed by atoms with E-state index >= 15 is 0 Å². The number of benzene rings is 1. The molecule has 0 amide bonds. The third kappa shape index (κ3) is 2.74. The van der Waals surface area contributed by atoms with Crippen LogP contribution in [0.4, 0.5) is 5.69 Å². The summed E-state index contributed by atoms with van der Waals surface area (Å²) in [5.41, 5.74) is 3.58. The highest BCUT2D eigenvalue weighted by Crippen LogP contribution is 2.39. The van der Waals surface area contributed by atoms with Crippen molar-refractivity contribution in [2.75, 3.05) is 18.6 Å². The van der Waals surface area contributed by atoms with Gasteiger partial charge in [0.2, 0.25) is 0 Å². The van der Waals surface area contributed by atoms with Gasteiger partial charge in [0.1, 0.15) is 11.8 Å². The average molecular weight is 294 g/mol. The molecule has 22 heavy (non-hydrogen) atoms. The number of allylic oxidation sites excluding steroid dienone is 2. The third-order valence-electron chi connectivity index (χ3n) is 4.75. The van der Waals surface area contributed by atoms with Crippen LogP contribution in [0.2, 0.25) is 0 Å². The summed E-state index contributed by atoms with van der Waals surface area (Å²) in [7, 11) is 1.66. The van der Waals surface area contributed by atoms with Gasteiger partial charge in [0, 0.05) is 24.0 Å². The molecule has 0 bridgehead atoms. The van der Waals surface area contributed by atoms with Crippen molar-refractivity contribution in [2.45, 2.75) is 32.1 Å². The molecule has 1 saturated carbocycles. The minimum Gasteiger partial charge on any atom is -0.497 e. The zero-order valence-electron chi connectivity index (χ0n) is 13.1. The minimum atomic E-state index is 0.650. The van der Waals surface area contributed by atoms with Crippen molar-refractivity contribution in [3.8, 4) is 11.8 Å². The van der Waals surface area contributed by atoms with Gasteiger partial charge in [0.05, 0.1) is 12.7 Å². The predicted octanol–water partition coefficient (Wildman–Crippen LogP) is 4.52. The van der Waals surface area contributed by atoms with E-state index in [0.717, 1.165) is 29.1 Å². The fourth-order valence-corrected chi connectivity index (χ4v) is 3.48. The largest absolute Gasteiger partial charge is 0.497 e. The average Bonchev–Trinajstić information content (AvgIpc) is 2.58. The molecule has 1 heterocycles. The minimum absolute atomic E-state index is 0.650. The second kappa shape index (κ2) is 6.27. The SMILES string of the molecule is C=C1C(C#N)=CN(CC2CCCCC2)c2ccc(OC)cc21. The van der Waals surface area contributed by atoms with Crippen LogP contribution < -0.4 is 9.64 Å². The van der Waals surface area contributed by atoms with Crippen LogP contribution >= 0.6 is 0 Å². The highest BCUT2D eigenvalue weighted by atomic mass is 16.5. The van der Waals surface area contributed by atoms with E-state index in [1.54, 1.807) is 7.11 Å². The molecule has 0 aromatic heterocycles. The van der Waals surface area contributed by atoms with E-state index in [0.29, 0.717) is 11.5 Å². The monoisotopic (exact) mass is 294 g/mol. The van der Waals surface area contributed by atoms with Crippen molar-refractivity contribution < 1.29 is 4.74 Å². The Morgan fingerprint density at radius 2 is 2.09 bits per heavy atom. The molecule has 3 nitrogen and oxygen atoms in total. The van der Waals surface area contributed by atoms with E-state index in [1.165, 1.54) is 32.1 Å². The first-order valence-corrected chi connectivity index (χ1v) is 7.99. The summed E-state index contributed by atoms with van der Waals surface area (Å²) < 4.78 is 5.32.